The van der Waals surface area contributed by atoms with Crippen LogP contribution in [0.3, 0.4) is 0 Å². The van der Waals surface area contributed by atoms with E-state index in [0.29, 0.717) is 22.1 Å². The number of aromatic nitrogens is 1. The number of thioether (sulfide) groups is 1. The Bertz CT molecular complexity index is 1860. The van der Waals surface area contributed by atoms with E-state index in [9.17, 15) is 18.8 Å². The molecular formula is C35H29FN4O3S2. The summed E-state index contributed by atoms with van der Waals surface area (Å²) in [7, 11) is 0. The second-order valence-electron chi connectivity index (χ2n) is 10.1. The molecule has 0 spiro atoms. The summed E-state index contributed by atoms with van der Waals surface area (Å²) in [6, 6.07) is 29.4. The maximum atomic E-state index is 13.4. The van der Waals surface area contributed by atoms with Crippen LogP contribution in [0.1, 0.15) is 28.4 Å². The molecule has 1 unspecified atom stereocenters. The molecule has 0 fully saturated rings. The number of carbonyl (C=O) groups excluding carboxylic acids is 3. The second-order valence-corrected chi connectivity index (χ2v) is 12.3. The van der Waals surface area contributed by atoms with Gasteiger partial charge in [-0.2, -0.15) is 0 Å². The lowest BCUT2D eigenvalue weighted by Crippen LogP contribution is -2.30. The van der Waals surface area contributed by atoms with Gasteiger partial charge in [-0.3, -0.25) is 14.4 Å². The van der Waals surface area contributed by atoms with Gasteiger partial charge in [0.25, 0.3) is 11.8 Å². The van der Waals surface area contributed by atoms with Gasteiger partial charge >= 0.3 is 0 Å². The first-order chi connectivity index (χ1) is 21.7. The summed E-state index contributed by atoms with van der Waals surface area (Å²) < 4.78 is 13.3. The molecule has 226 valence electrons. The smallest absolute Gasteiger partial charge is 0.272 e. The quantitative estimate of drug-likeness (QED) is 0.107. The summed E-state index contributed by atoms with van der Waals surface area (Å²) in [5.74, 6) is -1.46. The minimum atomic E-state index is -0.491. The Balaban J connectivity index is 1.25. The average Bonchev–Trinajstić information content (AvgIpc) is 3.50. The van der Waals surface area contributed by atoms with E-state index in [-0.39, 0.29) is 17.4 Å². The number of nitrogens with zero attached hydrogens (tertiary/aromatic N) is 1. The molecule has 0 saturated carbocycles. The number of thiazole rings is 1. The van der Waals surface area contributed by atoms with Crippen molar-refractivity contribution in [2.24, 2.45) is 0 Å². The molecule has 0 aliphatic rings. The van der Waals surface area contributed by atoms with Crippen LogP contribution in [0.5, 0.6) is 0 Å². The SMILES string of the molecule is Cc1cccc(/C=C(/NC(=O)c2ccccc2)C(=O)Nc2cccc(SC(C)C(=O)Nc3nc(-c4ccc(F)cc4)cs3)c2)c1. The van der Waals surface area contributed by atoms with Gasteiger partial charge in [-0.25, -0.2) is 9.37 Å². The molecule has 7 nitrogen and oxygen atoms in total. The van der Waals surface area contributed by atoms with Crippen LogP contribution in [0.4, 0.5) is 15.2 Å². The number of benzene rings is 4. The first kappa shape index (κ1) is 31.4. The van der Waals surface area contributed by atoms with Gasteiger partial charge in [0, 0.05) is 27.1 Å². The predicted molar refractivity (Wildman–Crippen MR) is 180 cm³/mol. The van der Waals surface area contributed by atoms with E-state index < -0.39 is 17.1 Å². The maximum Gasteiger partial charge on any atom is 0.272 e. The monoisotopic (exact) mass is 636 g/mol. The van der Waals surface area contributed by atoms with E-state index in [2.05, 4.69) is 20.9 Å². The maximum absolute atomic E-state index is 13.4. The fraction of sp³-hybridized carbons (Fsp3) is 0.0857. The van der Waals surface area contributed by atoms with E-state index in [1.165, 1.54) is 35.2 Å². The van der Waals surface area contributed by atoms with E-state index in [4.69, 9.17) is 0 Å². The van der Waals surface area contributed by atoms with Crippen molar-refractivity contribution in [2.75, 3.05) is 10.6 Å². The number of hydrogen-bond donors (Lipinski definition) is 3. The first-order valence-corrected chi connectivity index (χ1v) is 15.7. The molecule has 1 atom stereocenters. The van der Waals surface area contributed by atoms with Crippen molar-refractivity contribution < 1.29 is 18.8 Å². The molecule has 1 aromatic heterocycles. The van der Waals surface area contributed by atoms with Gasteiger partial charge in [-0.1, -0.05) is 54.1 Å². The number of aryl methyl sites for hydroxylation is 1. The molecule has 5 aromatic rings. The molecule has 45 heavy (non-hydrogen) atoms. The molecule has 0 saturated heterocycles. The summed E-state index contributed by atoms with van der Waals surface area (Å²) in [5, 5.41) is 10.2. The van der Waals surface area contributed by atoms with Crippen molar-refractivity contribution >= 4 is 57.7 Å². The lowest BCUT2D eigenvalue weighted by Gasteiger charge is -2.14. The molecule has 0 aliphatic carbocycles. The molecular weight excluding hydrogens is 608 g/mol. The summed E-state index contributed by atoms with van der Waals surface area (Å²) in [6.07, 6.45) is 1.63. The Kier molecular flexibility index (Phi) is 10.2. The van der Waals surface area contributed by atoms with Crippen molar-refractivity contribution in [1.82, 2.24) is 10.3 Å². The normalized spacial score (nSPS) is 11.8. The van der Waals surface area contributed by atoms with Crippen LogP contribution < -0.4 is 16.0 Å². The molecule has 1 heterocycles. The van der Waals surface area contributed by atoms with Crippen molar-refractivity contribution in [1.29, 1.82) is 0 Å². The zero-order valence-corrected chi connectivity index (χ0v) is 26.0. The number of hydrogen-bond acceptors (Lipinski definition) is 6. The second kappa shape index (κ2) is 14.6. The number of carbonyl (C=O) groups is 3. The van der Waals surface area contributed by atoms with Crippen molar-refractivity contribution in [2.45, 2.75) is 24.0 Å². The number of anilines is 2. The molecule has 5 rings (SSSR count). The Morgan fingerprint density at radius 3 is 2.40 bits per heavy atom. The van der Waals surface area contributed by atoms with Gasteiger partial charge < -0.3 is 16.0 Å². The predicted octanol–water partition coefficient (Wildman–Crippen LogP) is 7.79. The van der Waals surface area contributed by atoms with Crippen molar-refractivity contribution in [3.8, 4) is 11.3 Å². The number of amides is 3. The molecule has 0 bridgehead atoms. The van der Waals surface area contributed by atoms with Gasteiger partial charge in [0.1, 0.15) is 11.5 Å². The fourth-order valence-corrected chi connectivity index (χ4v) is 5.91. The van der Waals surface area contributed by atoms with Crippen molar-refractivity contribution in [3.63, 3.8) is 0 Å². The Labute approximate surface area is 268 Å². The van der Waals surface area contributed by atoms with Crippen LogP contribution in [-0.4, -0.2) is 28.0 Å². The third-order valence-corrected chi connectivity index (χ3v) is 8.38. The Morgan fingerprint density at radius 1 is 0.889 bits per heavy atom. The van der Waals surface area contributed by atoms with E-state index in [1.54, 1.807) is 73.0 Å². The van der Waals surface area contributed by atoms with Gasteiger partial charge in [0.2, 0.25) is 5.91 Å². The first-order valence-electron chi connectivity index (χ1n) is 14.0. The zero-order valence-electron chi connectivity index (χ0n) is 24.4. The zero-order chi connectivity index (χ0) is 31.8. The Morgan fingerprint density at radius 2 is 1.64 bits per heavy atom. The van der Waals surface area contributed by atoms with E-state index in [1.807, 2.05) is 43.3 Å². The number of nitrogens with one attached hydrogen (secondary N) is 3. The summed E-state index contributed by atoms with van der Waals surface area (Å²) in [5.41, 5.74) is 4.21. The van der Waals surface area contributed by atoms with Gasteiger partial charge in [-0.05, 0) is 80.1 Å². The highest BCUT2D eigenvalue weighted by Crippen LogP contribution is 2.29. The van der Waals surface area contributed by atoms with Crippen LogP contribution >= 0.6 is 23.1 Å². The van der Waals surface area contributed by atoms with E-state index in [0.717, 1.165) is 21.6 Å². The van der Waals surface area contributed by atoms with Crippen LogP contribution in [-0.2, 0) is 9.59 Å². The third-order valence-electron chi connectivity index (χ3n) is 6.53. The van der Waals surface area contributed by atoms with E-state index >= 15 is 0 Å². The highest BCUT2D eigenvalue weighted by atomic mass is 32.2. The summed E-state index contributed by atoms with van der Waals surface area (Å²) in [6.45, 7) is 3.73. The summed E-state index contributed by atoms with van der Waals surface area (Å²) >= 11 is 2.61. The average molecular weight is 637 g/mol. The molecule has 3 amide bonds. The molecule has 4 aromatic carbocycles. The number of rotatable bonds is 10. The minimum absolute atomic E-state index is 0.0868. The number of halogens is 1. The lowest BCUT2D eigenvalue weighted by molar-refractivity contribution is -0.115. The third kappa shape index (κ3) is 8.75. The fourth-order valence-electron chi connectivity index (χ4n) is 4.26. The molecule has 10 heteroatoms. The van der Waals surface area contributed by atoms with Crippen LogP contribution in [0.2, 0.25) is 0 Å². The van der Waals surface area contributed by atoms with Crippen LogP contribution in [0.15, 0.2) is 119 Å². The van der Waals surface area contributed by atoms with Gasteiger partial charge in [0.05, 0.1) is 10.9 Å². The topological polar surface area (TPSA) is 100 Å². The largest absolute Gasteiger partial charge is 0.321 e. The molecule has 0 radical (unpaired) electrons. The van der Waals surface area contributed by atoms with Gasteiger partial charge in [0.15, 0.2) is 5.13 Å². The van der Waals surface area contributed by atoms with Crippen molar-refractivity contribution in [3.05, 3.63) is 137 Å². The Hall–Kier alpha value is -5.06. The minimum Gasteiger partial charge on any atom is -0.321 e. The van der Waals surface area contributed by atoms with Crippen LogP contribution in [0.25, 0.3) is 17.3 Å². The standard InChI is InChI=1S/C35H29FN4O3S2/c1-22-8-6-9-24(18-22)19-30(38-33(42)26-10-4-3-5-11-26)34(43)37-28-12-7-13-29(20-28)45-23(2)32(41)40-35-39-31(21-44-35)25-14-16-27(36)17-15-25/h3-21,23H,1-2H3,(H,37,43)(H,38,42)(H,39,40,41)/b30-19+. The van der Waals surface area contributed by atoms with Crippen LogP contribution in [0, 0.1) is 12.7 Å². The lowest BCUT2D eigenvalue weighted by atomic mass is 10.1. The molecule has 3 N–H and O–H groups in total. The molecule has 0 aliphatic heterocycles. The highest BCUT2D eigenvalue weighted by molar-refractivity contribution is 8.00. The summed E-state index contributed by atoms with van der Waals surface area (Å²) in [4.78, 5) is 44.5. The van der Waals surface area contributed by atoms with Gasteiger partial charge in [-0.15, -0.1) is 23.1 Å². The highest BCUT2D eigenvalue weighted by Gasteiger charge is 2.18.